The van der Waals surface area contributed by atoms with Gasteiger partial charge in [0, 0.05) is 19.1 Å². The lowest BCUT2D eigenvalue weighted by molar-refractivity contribution is -0.145. The number of carbonyl (C=O) groups is 2. The van der Waals surface area contributed by atoms with Gasteiger partial charge in [0.25, 0.3) is 0 Å². The minimum absolute atomic E-state index is 0.0211. The Morgan fingerprint density at radius 3 is 2.32 bits per heavy atom. The van der Waals surface area contributed by atoms with E-state index < -0.39 is 52.0 Å². The first-order chi connectivity index (χ1) is 17.9. The molecule has 2 aromatic carbocycles. The Kier molecular flexibility index (Phi) is 12.2. The first-order valence-electron chi connectivity index (χ1n) is 12.7. The number of aliphatic carboxylic acids is 1. The summed E-state index contributed by atoms with van der Waals surface area (Å²) >= 11 is 0. The maximum atomic E-state index is 13.7. The smallest absolute Gasteiger partial charge is 0.304 e. The number of carbonyl (C=O) groups excluding carboxylic acids is 1. The number of hydrogen-bond acceptors (Lipinski definition) is 7. The lowest BCUT2D eigenvalue weighted by Crippen LogP contribution is -2.48. The third-order valence-corrected chi connectivity index (χ3v) is 8.03. The van der Waals surface area contributed by atoms with Gasteiger partial charge in [0.05, 0.1) is 37.1 Å². The van der Waals surface area contributed by atoms with Gasteiger partial charge in [-0.25, -0.2) is 8.42 Å². The van der Waals surface area contributed by atoms with E-state index in [1.165, 1.54) is 12.0 Å². The molecule has 2 aromatic rings. The number of aliphatic hydroxyl groups is 1. The molecule has 0 aliphatic heterocycles. The van der Waals surface area contributed by atoms with E-state index in [1.807, 2.05) is 44.2 Å². The van der Waals surface area contributed by atoms with Gasteiger partial charge in [-0.05, 0) is 42.0 Å². The molecule has 0 heterocycles. The Morgan fingerprint density at radius 2 is 1.71 bits per heavy atom. The van der Waals surface area contributed by atoms with E-state index in [1.54, 1.807) is 24.3 Å². The quantitative estimate of drug-likeness (QED) is 0.290. The molecular weight excluding hydrogens is 508 g/mol. The van der Waals surface area contributed by atoms with Crippen molar-refractivity contribution in [1.82, 2.24) is 4.90 Å². The van der Waals surface area contributed by atoms with Crippen LogP contribution in [0.15, 0.2) is 54.6 Å². The Labute approximate surface area is 225 Å². The number of methoxy groups -OCH3 is 1. The van der Waals surface area contributed by atoms with Gasteiger partial charge in [0.1, 0.15) is 5.75 Å². The molecule has 0 aliphatic carbocycles. The highest BCUT2D eigenvalue weighted by Gasteiger charge is 2.33. The molecule has 1 unspecified atom stereocenters. The number of amides is 1. The second-order valence-corrected chi connectivity index (χ2v) is 12.3. The summed E-state index contributed by atoms with van der Waals surface area (Å²) in [5, 5.41) is 20.4. The van der Waals surface area contributed by atoms with Crippen molar-refractivity contribution in [2.24, 2.45) is 17.6 Å². The van der Waals surface area contributed by atoms with Crippen LogP contribution in [-0.2, 0) is 32.4 Å². The minimum atomic E-state index is -3.69. The largest absolute Gasteiger partial charge is 0.497 e. The molecule has 10 heteroatoms. The first kappa shape index (κ1) is 31.3. The van der Waals surface area contributed by atoms with Gasteiger partial charge >= 0.3 is 5.97 Å². The molecule has 1 amide bonds. The fourth-order valence-electron chi connectivity index (χ4n) is 4.10. The van der Waals surface area contributed by atoms with Crippen LogP contribution >= 0.6 is 0 Å². The van der Waals surface area contributed by atoms with Crippen LogP contribution in [0.25, 0.3) is 0 Å². The lowest BCUT2D eigenvalue weighted by Gasteiger charge is -2.31. The van der Waals surface area contributed by atoms with Gasteiger partial charge in [-0.1, -0.05) is 56.3 Å². The molecule has 9 nitrogen and oxygen atoms in total. The van der Waals surface area contributed by atoms with Crippen LogP contribution in [0, 0.1) is 11.8 Å². The molecule has 0 radical (unpaired) electrons. The van der Waals surface area contributed by atoms with Crippen LogP contribution in [-0.4, -0.2) is 72.7 Å². The normalized spacial score (nSPS) is 14.1. The Bertz CT molecular complexity index is 1140. The zero-order valence-electron chi connectivity index (χ0n) is 22.3. The van der Waals surface area contributed by atoms with Crippen LogP contribution in [0.2, 0.25) is 0 Å². The third kappa shape index (κ3) is 10.8. The standard InChI is InChI=1S/C28H40N2O7S/c1-20(2)12-13-38(35,36)19-23(16-27(32)33)28(34)30(17-22-10-7-11-24(14-22)37-3)18-26(31)25(29)15-21-8-5-4-6-9-21/h4-11,14,20,23,25-26,31H,12-13,15-19,29H2,1-3H3,(H,32,33)/t23?,25-,26+/m0/s1. The van der Waals surface area contributed by atoms with E-state index in [-0.39, 0.29) is 24.8 Å². The Hall–Kier alpha value is -2.95. The number of nitrogens with two attached hydrogens (primary N) is 1. The van der Waals surface area contributed by atoms with Gasteiger partial charge in [-0.2, -0.15) is 0 Å². The summed E-state index contributed by atoms with van der Waals surface area (Å²) in [7, 11) is -2.17. The van der Waals surface area contributed by atoms with E-state index in [0.717, 1.165) is 5.56 Å². The SMILES string of the molecule is COc1cccc(CN(C[C@@H](O)[C@@H](N)Cc2ccccc2)C(=O)C(CC(=O)O)CS(=O)(=O)CCC(C)C)c1. The maximum absolute atomic E-state index is 13.7. The van der Waals surface area contributed by atoms with E-state index in [0.29, 0.717) is 24.2 Å². The number of aliphatic hydroxyl groups excluding tert-OH is 1. The predicted octanol–water partition coefficient (Wildman–Crippen LogP) is 2.51. The third-order valence-electron chi connectivity index (χ3n) is 6.27. The monoisotopic (exact) mass is 548 g/mol. The van der Waals surface area contributed by atoms with Crippen molar-refractivity contribution in [1.29, 1.82) is 0 Å². The van der Waals surface area contributed by atoms with Crippen molar-refractivity contribution in [2.75, 3.05) is 25.2 Å². The molecule has 0 saturated heterocycles. The van der Waals surface area contributed by atoms with Gasteiger partial charge in [0.2, 0.25) is 5.91 Å². The van der Waals surface area contributed by atoms with E-state index in [2.05, 4.69) is 0 Å². The molecule has 0 bridgehead atoms. The topological polar surface area (TPSA) is 147 Å². The number of carboxylic acids is 1. The summed E-state index contributed by atoms with van der Waals surface area (Å²) in [4.78, 5) is 26.6. The number of benzene rings is 2. The molecule has 0 saturated carbocycles. The summed E-state index contributed by atoms with van der Waals surface area (Å²) in [6.07, 6.45) is -0.990. The fraction of sp³-hybridized carbons (Fsp3) is 0.500. The second kappa shape index (κ2) is 14.8. The van der Waals surface area contributed by atoms with Gasteiger partial charge in [-0.15, -0.1) is 0 Å². The molecule has 4 N–H and O–H groups in total. The fourth-order valence-corrected chi connectivity index (χ4v) is 5.97. The summed E-state index contributed by atoms with van der Waals surface area (Å²) in [6.45, 7) is 3.62. The molecule has 0 aromatic heterocycles. The average molecular weight is 549 g/mol. The highest BCUT2D eigenvalue weighted by Crippen LogP contribution is 2.20. The van der Waals surface area contributed by atoms with Gasteiger partial charge < -0.3 is 25.6 Å². The molecule has 0 aliphatic rings. The van der Waals surface area contributed by atoms with E-state index >= 15 is 0 Å². The van der Waals surface area contributed by atoms with Gasteiger partial charge in [0.15, 0.2) is 9.84 Å². The van der Waals surface area contributed by atoms with Gasteiger partial charge in [-0.3, -0.25) is 9.59 Å². The number of sulfone groups is 1. The molecule has 210 valence electrons. The number of carboxylic acid groups (broad SMARTS) is 1. The van der Waals surface area contributed by atoms with Crippen molar-refractivity contribution < 1.29 is 33.0 Å². The van der Waals surface area contributed by atoms with Crippen molar-refractivity contribution in [3.63, 3.8) is 0 Å². The number of hydrogen-bond donors (Lipinski definition) is 3. The van der Waals surface area contributed by atoms with Crippen molar-refractivity contribution in [3.05, 3.63) is 65.7 Å². The summed E-state index contributed by atoms with van der Waals surface area (Å²) in [5.41, 5.74) is 7.87. The Morgan fingerprint density at radius 1 is 1.05 bits per heavy atom. The van der Waals surface area contributed by atoms with Crippen LogP contribution in [0.5, 0.6) is 5.75 Å². The molecule has 0 spiro atoms. The highest BCUT2D eigenvalue weighted by atomic mass is 32.2. The molecule has 3 atom stereocenters. The number of rotatable bonds is 16. The Balaban J connectivity index is 2.31. The number of nitrogens with zero attached hydrogens (tertiary/aromatic N) is 1. The molecule has 38 heavy (non-hydrogen) atoms. The summed E-state index contributed by atoms with van der Waals surface area (Å²) in [5.74, 6) is -3.23. The van der Waals surface area contributed by atoms with Crippen molar-refractivity contribution >= 4 is 21.7 Å². The van der Waals surface area contributed by atoms with E-state index in [4.69, 9.17) is 10.5 Å². The van der Waals surface area contributed by atoms with Crippen LogP contribution in [0.4, 0.5) is 0 Å². The average Bonchev–Trinajstić information content (AvgIpc) is 2.86. The van der Waals surface area contributed by atoms with Crippen molar-refractivity contribution in [3.8, 4) is 5.75 Å². The molecule has 2 rings (SSSR count). The van der Waals surface area contributed by atoms with Crippen LogP contribution in [0.3, 0.4) is 0 Å². The lowest BCUT2D eigenvalue weighted by atomic mass is 10.00. The van der Waals surface area contributed by atoms with Crippen molar-refractivity contribution in [2.45, 2.75) is 51.8 Å². The molecule has 0 fully saturated rings. The molecular formula is C28H40N2O7S. The van der Waals surface area contributed by atoms with Crippen LogP contribution < -0.4 is 10.5 Å². The minimum Gasteiger partial charge on any atom is -0.497 e. The summed E-state index contributed by atoms with van der Waals surface area (Å²) in [6, 6.07) is 15.7. The zero-order chi connectivity index (χ0) is 28.3. The number of ether oxygens (including phenoxy) is 1. The highest BCUT2D eigenvalue weighted by molar-refractivity contribution is 7.91. The van der Waals surface area contributed by atoms with E-state index in [9.17, 15) is 28.2 Å². The zero-order valence-corrected chi connectivity index (χ0v) is 23.1. The van der Waals surface area contributed by atoms with Crippen LogP contribution in [0.1, 0.15) is 37.8 Å². The second-order valence-electron chi connectivity index (χ2n) is 10.1. The summed E-state index contributed by atoms with van der Waals surface area (Å²) < 4.78 is 30.8. The first-order valence-corrected chi connectivity index (χ1v) is 14.5. The predicted molar refractivity (Wildman–Crippen MR) is 146 cm³/mol. The maximum Gasteiger partial charge on any atom is 0.304 e.